The summed E-state index contributed by atoms with van der Waals surface area (Å²) in [6, 6.07) is 15.3. The molecule has 0 bridgehead atoms. The predicted molar refractivity (Wildman–Crippen MR) is 92.0 cm³/mol. The third kappa shape index (κ3) is 3.92. The Bertz CT molecular complexity index is 673. The van der Waals surface area contributed by atoms with Gasteiger partial charge in [0.15, 0.2) is 17.4 Å². The molecule has 0 aliphatic rings. The minimum atomic E-state index is -0.513. The third-order valence-electron chi connectivity index (χ3n) is 3.12. The first-order chi connectivity index (χ1) is 10.4. The van der Waals surface area contributed by atoms with Gasteiger partial charge in [-0.3, -0.25) is 0 Å². The molecule has 0 radical (unpaired) electrons. The monoisotopic (exact) mass is 312 g/mol. The number of aromatic nitrogens is 1. The topological polar surface area (TPSA) is 39.0 Å². The maximum absolute atomic E-state index is 12.8. The molecule has 0 aliphatic heterocycles. The molecule has 1 aromatic heterocycles. The van der Waals surface area contributed by atoms with E-state index in [0.717, 1.165) is 5.69 Å². The second-order valence-corrected chi connectivity index (χ2v) is 6.44. The number of hydrogen-bond donors (Lipinski definition) is 1. The second-order valence-electron chi connectivity index (χ2n) is 6.03. The summed E-state index contributed by atoms with van der Waals surface area (Å²) in [5.41, 5.74) is 0.829. The average molecular weight is 312 g/mol. The fourth-order valence-corrected chi connectivity index (χ4v) is 2.27. The van der Waals surface area contributed by atoms with Crippen LogP contribution in [0, 0.1) is 5.41 Å². The maximum Gasteiger partial charge on any atom is 0.234 e. The fourth-order valence-electron chi connectivity index (χ4n) is 1.95. The van der Waals surface area contributed by atoms with Crippen molar-refractivity contribution in [2.75, 3.05) is 5.32 Å². The van der Waals surface area contributed by atoms with Gasteiger partial charge in [0.1, 0.15) is 0 Å². The van der Waals surface area contributed by atoms with Gasteiger partial charge in [-0.1, -0.05) is 57.3 Å². The van der Waals surface area contributed by atoms with Crippen LogP contribution in [0.4, 0.5) is 5.69 Å². The summed E-state index contributed by atoms with van der Waals surface area (Å²) in [7, 11) is 0. The van der Waals surface area contributed by atoms with E-state index in [4.69, 9.17) is 12.2 Å². The van der Waals surface area contributed by atoms with Crippen molar-refractivity contribution in [3.8, 4) is 0 Å². The molecule has 0 amide bonds. The molecule has 1 aromatic carbocycles. The van der Waals surface area contributed by atoms with E-state index in [9.17, 15) is 5.11 Å². The standard InChI is InChI=1S/C18H20N2OS/c1-18(2,3)16(21)15(20-12-8-5-9-13-20)17(22)19-14-10-6-4-7-11-14/h4-13H,1-3H3,(H-,19,21,22). The van der Waals surface area contributed by atoms with Crippen LogP contribution in [-0.4, -0.2) is 4.99 Å². The number of nitrogens with zero attached hydrogens (tertiary/aromatic N) is 1. The number of pyridine rings is 1. The van der Waals surface area contributed by atoms with Gasteiger partial charge in [0, 0.05) is 17.8 Å². The van der Waals surface area contributed by atoms with E-state index in [-0.39, 0.29) is 5.76 Å². The molecule has 22 heavy (non-hydrogen) atoms. The quantitative estimate of drug-likeness (QED) is 0.410. The lowest BCUT2D eigenvalue weighted by atomic mass is 9.92. The molecule has 114 valence electrons. The lowest BCUT2D eigenvalue weighted by molar-refractivity contribution is -0.581. The number of anilines is 1. The Hall–Kier alpha value is -2.20. The normalized spacial score (nSPS) is 12.5. The summed E-state index contributed by atoms with van der Waals surface area (Å²) in [5.74, 6) is -0.00266. The summed E-state index contributed by atoms with van der Waals surface area (Å²) >= 11 is 5.49. The molecule has 4 heteroatoms. The molecule has 2 rings (SSSR count). The van der Waals surface area contributed by atoms with Gasteiger partial charge in [-0.05, 0) is 23.3 Å². The number of benzene rings is 1. The maximum atomic E-state index is 12.8. The van der Waals surface area contributed by atoms with Gasteiger partial charge in [-0.2, -0.15) is 4.57 Å². The van der Waals surface area contributed by atoms with Crippen molar-refractivity contribution < 1.29 is 9.67 Å². The molecule has 0 saturated carbocycles. The summed E-state index contributed by atoms with van der Waals surface area (Å²) in [5, 5.41) is 16.0. The van der Waals surface area contributed by atoms with Gasteiger partial charge in [0.2, 0.25) is 5.70 Å². The molecule has 1 heterocycles. The Labute approximate surface area is 136 Å². The highest BCUT2D eigenvalue weighted by Crippen LogP contribution is 2.24. The van der Waals surface area contributed by atoms with E-state index in [0.29, 0.717) is 10.7 Å². The van der Waals surface area contributed by atoms with Crippen molar-refractivity contribution in [1.82, 2.24) is 0 Å². The third-order valence-corrected chi connectivity index (χ3v) is 3.41. The first-order valence-electron chi connectivity index (χ1n) is 7.14. The largest absolute Gasteiger partial charge is 0.871 e. The number of rotatable bonds is 3. The van der Waals surface area contributed by atoms with Gasteiger partial charge in [-0.15, -0.1) is 0 Å². The molecule has 3 nitrogen and oxygen atoms in total. The van der Waals surface area contributed by atoms with Crippen molar-refractivity contribution in [2.45, 2.75) is 20.8 Å². The molecular weight excluding hydrogens is 292 g/mol. The molecular formula is C18H20N2OS. The summed E-state index contributed by atoms with van der Waals surface area (Å²) in [6.07, 6.45) is 3.66. The van der Waals surface area contributed by atoms with Crippen LogP contribution in [0.25, 0.3) is 5.70 Å². The summed E-state index contributed by atoms with van der Waals surface area (Å²) in [6.45, 7) is 5.68. The van der Waals surface area contributed by atoms with Crippen molar-refractivity contribution >= 4 is 28.6 Å². The number of para-hydroxylation sites is 1. The number of hydrogen-bond acceptors (Lipinski definition) is 2. The van der Waals surface area contributed by atoms with Crippen LogP contribution in [0.2, 0.25) is 0 Å². The van der Waals surface area contributed by atoms with E-state index < -0.39 is 5.41 Å². The smallest absolute Gasteiger partial charge is 0.234 e. The lowest BCUT2D eigenvalue weighted by Crippen LogP contribution is -2.42. The highest BCUT2D eigenvalue weighted by Gasteiger charge is 2.23. The van der Waals surface area contributed by atoms with Gasteiger partial charge < -0.3 is 10.4 Å². The van der Waals surface area contributed by atoms with Gasteiger partial charge >= 0.3 is 0 Å². The molecule has 0 saturated heterocycles. The zero-order valence-electron chi connectivity index (χ0n) is 13.0. The van der Waals surface area contributed by atoms with Crippen LogP contribution in [0.15, 0.2) is 66.7 Å². The first-order valence-corrected chi connectivity index (χ1v) is 7.55. The van der Waals surface area contributed by atoms with E-state index in [1.165, 1.54) is 0 Å². The number of nitrogens with one attached hydrogen (secondary N) is 1. The van der Waals surface area contributed by atoms with Crippen LogP contribution in [0.5, 0.6) is 0 Å². The molecule has 0 spiro atoms. The van der Waals surface area contributed by atoms with Crippen molar-refractivity contribution in [3.05, 3.63) is 66.7 Å². The Morgan fingerprint density at radius 2 is 1.55 bits per heavy atom. The number of allylic oxidation sites excluding steroid dienone is 1. The Morgan fingerprint density at radius 3 is 2.09 bits per heavy atom. The Morgan fingerprint density at radius 1 is 1.00 bits per heavy atom. The van der Waals surface area contributed by atoms with E-state index in [1.54, 1.807) is 4.57 Å². The SMILES string of the molecule is CC(C)(C)/C([O-])=C(/C(=S)Nc1ccccc1)[n+]1ccccc1. The summed E-state index contributed by atoms with van der Waals surface area (Å²) < 4.78 is 1.77. The molecule has 0 fully saturated rings. The van der Waals surface area contributed by atoms with E-state index in [2.05, 4.69) is 5.32 Å². The minimum Gasteiger partial charge on any atom is -0.871 e. The van der Waals surface area contributed by atoms with Crippen LogP contribution in [0.1, 0.15) is 20.8 Å². The lowest BCUT2D eigenvalue weighted by Gasteiger charge is -2.28. The minimum absolute atomic E-state index is 0.00266. The van der Waals surface area contributed by atoms with Crippen molar-refractivity contribution in [1.29, 1.82) is 0 Å². The van der Waals surface area contributed by atoms with Gasteiger partial charge in [0.25, 0.3) is 0 Å². The average Bonchev–Trinajstić information content (AvgIpc) is 2.48. The van der Waals surface area contributed by atoms with Crippen LogP contribution in [0.3, 0.4) is 0 Å². The Kier molecular flexibility index (Phi) is 4.93. The van der Waals surface area contributed by atoms with Crippen LogP contribution >= 0.6 is 12.2 Å². The zero-order valence-corrected chi connectivity index (χ0v) is 13.9. The van der Waals surface area contributed by atoms with Gasteiger partial charge in [0.05, 0.1) is 0 Å². The highest BCUT2D eigenvalue weighted by atomic mass is 32.1. The zero-order chi connectivity index (χ0) is 16.2. The molecule has 0 unspecified atom stereocenters. The molecule has 0 atom stereocenters. The van der Waals surface area contributed by atoms with Crippen molar-refractivity contribution in [2.24, 2.45) is 5.41 Å². The predicted octanol–water partition coefficient (Wildman–Crippen LogP) is 2.99. The van der Waals surface area contributed by atoms with Gasteiger partial charge in [-0.25, -0.2) is 0 Å². The van der Waals surface area contributed by atoms with Crippen LogP contribution in [-0.2, 0) is 0 Å². The first kappa shape index (κ1) is 16.2. The Balaban J connectivity index is 2.44. The van der Waals surface area contributed by atoms with Crippen molar-refractivity contribution in [3.63, 3.8) is 0 Å². The molecule has 0 aliphatic carbocycles. The van der Waals surface area contributed by atoms with E-state index >= 15 is 0 Å². The second kappa shape index (κ2) is 6.71. The molecule has 1 N–H and O–H groups in total. The van der Waals surface area contributed by atoms with Crippen LogP contribution < -0.4 is 15.0 Å². The highest BCUT2D eigenvalue weighted by molar-refractivity contribution is 7.81. The number of thiocarbonyl (C=S) groups is 1. The van der Waals surface area contributed by atoms with E-state index in [1.807, 2.05) is 81.7 Å². The molecule has 2 aromatic rings. The fraction of sp³-hybridized carbons (Fsp3) is 0.222. The summed E-state index contributed by atoms with van der Waals surface area (Å²) in [4.78, 5) is 0.419.